The molecule has 18 heavy (non-hydrogen) atoms. The van der Waals surface area contributed by atoms with Crippen LogP contribution in [0.4, 0.5) is 0 Å². The topological polar surface area (TPSA) is 15.7 Å². The average molecular weight is 254 g/mol. The van der Waals surface area contributed by atoms with Crippen molar-refractivity contribution in [2.75, 3.05) is 39.3 Å². The Kier molecular flexibility index (Phi) is 5.93. The molecule has 2 rings (SSSR count). The Morgan fingerprint density at radius 1 is 1.11 bits per heavy atom. The highest BCUT2D eigenvalue weighted by atomic mass is 16.5. The Morgan fingerprint density at radius 2 is 2.00 bits per heavy atom. The second-order valence-corrected chi connectivity index (χ2v) is 6.11. The van der Waals surface area contributed by atoms with Crippen molar-refractivity contribution in [2.45, 2.75) is 58.1 Å². The van der Waals surface area contributed by atoms with Gasteiger partial charge in [-0.05, 0) is 52.6 Å². The van der Waals surface area contributed by atoms with Crippen LogP contribution in [0, 0.1) is 0 Å². The molecule has 0 aromatic rings. The molecule has 2 fully saturated rings. The molecule has 1 atom stereocenters. The average Bonchev–Trinajstić information content (AvgIpc) is 2.38. The van der Waals surface area contributed by atoms with Gasteiger partial charge in [-0.2, -0.15) is 0 Å². The molecule has 0 aromatic carbocycles. The number of hydrogen-bond donors (Lipinski definition) is 0. The second kappa shape index (κ2) is 7.46. The van der Waals surface area contributed by atoms with E-state index in [1.807, 2.05) is 0 Å². The largest absolute Gasteiger partial charge is 0.379 e. The highest BCUT2D eigenvalue weighted by Gasteiger charge is 2.28. The summed E-state index contributed by atoms with van der Waals surface area (Å²) >= 11 is 0. The van der Waals surface area contributed by atoms with E-state index >= 15 is 0 Å². The monoisotopic (exact) mass is 254 g/mol. The number of piperidine rings is 1. The Morgan fingerprint density at radius 3 is 2.83 bits per heavy atom. The standard InChI is InChI=1S/C15H30N2O/c1-14(2)18-12-6-5-8-16-10-11-17-9-4-3-7-15(17)13-16/h14-15H,3-13H2,1-2H3. The summed E-state index contributed by atoms with van der Waals surface area (Å²) in [5.41, 5.74) is 0. The molecule has 0 radical (unpaired) electrons. The van der Waals surface area contributed by atoms with E-state index in [1.54, 1.807) is 0 Å². The maximum atomic E-state index is 5.59. The number of rotatable bonds is 6. The quantitative estimate of drug-likeness (QED) is 0.677. The predicted octanol–water partition coefficient (Wildman–Crippen LogP) is 2.36. The first-order chi connectivity index (χ1) is 8.75. The zero-order chi connectivity index (χ0) is 12.8. The summed E-state index contributed by atoms with van der Waals surface area (Å²) in [4.78, 5) is 5.38. The molecular weight excluding hydrogens is 224 g/mol. The molecule has 2 aliphatic heterocycles. The van der Waals surface area contributed by atoms with Crippen LogP contribution in [0.2, 0.25) is 0 Å². The third kappa shape index (κ3) is 4.52. The van der Waals surface area contributed by atoms with Crippen LogP contribution in [0.1, 0.15) is 46.0 Å². The van der Waals surface area contributed by atoms with Crippen molar-refractivity contribution in [3.63, 3.8) is 0 Å². The smallest absolute Gasteiger partial charge is 0.0518 e. The summed E-state index contributed by atoms with van der Waals surface area (Å²) in [7, 11) is 0. The Bertz CT molecular complexity index is 233. The molecule has 0 N–H and O–H groups in total. The molecule has 3 heteroatoms. The minimum atomic E-state index is 0.385. The first kappa shape index (κ1) is 14.3. The van der Waals surface area contributed by atoms with Crippen molar-refractivity contribution in [3.8, 4) is 0 Å². The molecule has 0 aromatic heterocycles. The van der Waals surface area contributed by atoms with Gasteiger partial charge in [-0.25, -0.2) is 0 Å². The van der Waals surface area contributed by atoms with Crippen LogP contribution in [0.15, 0.2) is 0 Å². The summed E-state index contributed by atoms with van der Waals surface area (Å²) in [6.07, 6.45) is 7.17. The van der Waals surface area contributed by atoms with Gasteiger partial charge >= 0.3 is 0 Å². The predicted molar refractivity (Wildman–Crippen MR) is 76.0 cm³/mol. The molecule has 0 bridgehead atoms. The van der Waals surface area contributed by atoms with E-state index < -0.39 is 0 Å². The van der Waals surface area contributed by atoms with E-state index in [2.05, 4.69) is 23.6 Å². The first-order valence-corrected chi connectivity index (χ1v) is 7.83. The summed E-state index contributed by atoms with van der Waals surface area (Å²) in [6.45, 7) is 11.7. The van der Waals surface area contributed by atoms with E-state index in [4.69, 9.17) is 4.74 Å². The summed E-state index contributed by atoms with van der Waals surface area (Å²) in [5.74, 6) is 0. The van der Waals surface area contributed by atoms with Crippen LogP contribution < -0.4 is 0 Å². The third-order valence-corrected chi connectivity index (χ3v) is 4.24. The van der Waals surface area contributed by atoms with Gasteiger partial charge in [0.15, 0.2) is 0 Å². The number of piperazine rings is 1. The van der Waals surface area contributed by atoms with Gasteiger partial charge in [0.25, 0.3) is 0 Å². The molecule has 2 aliphatic rings. The number of unbranched alkanes of at least 4 members (excludes halogenated alkanes) is 1. The fraction of sp³-hybridized carbons (Fsp3) is 1.00. The molecular formula is C15H30N2O. The molecule has 2 saturated heterocycles. The van der Waals surface area contributed by atoms with Crippen molar-refractivity contribution in [1.82, 2.24) is 9.80 Å². The van der Waals surface area contributed by atoms with Gasteiger partial charge in [-0.15, -0.1) is 0 Å². The minimum Gasteiger partial charge on any atom is -0.379 e. The maximum Gasteiger partial charge on any atom is 0.0518 e. The van der Waals surface area contributed by atoms with Crippen molar-refractivity contribution >= 4 is 0 Å². The molecule has 0 spiro atoms. The fourth-order valence-electron chi connectivity index (χ4n) is 3.18. The lowest BCUT2D eigenvalue weighted by Crippen LogP contribution is -2.54. The minimum absolute atomic E-state index is 0.385. The summed E-state index contributed by atoms with van der Waals surface area (Å²) in [5, 5.41) is 0. The van der Waals surface area contributed by atoms with Crippen molar-refractivity contribution in [3.05, 3.63) is 0 Å². The van der Waals surface area contributed by atoms with E-state index in [0.717, 1.165) is 12.6 Å². The number of ether oxygens (including phenoxy) is 1. The van der Waals surface area contributed by atoms with Gasteiger partial charge in [-0.3, -0.25) is 4.90 Å². The van der Waals surface area contributed by atoms with Crippen LogP contribution in [0.25, 0.3) is 0 Å². The Balaban J connectivity index is 1.57. The number of fused-ring (bicyclic) bond motifs is 1. The molecule has 3 nitrogen and oxygen atoms in total. The van der Waals surface area contributed by atoms with Gasteiger partial charge < -0.3 is 9.64 Å². The molecule has 0 amide bonds. The fourth-order valence-corrected chi connectivity index (χ4v) is 3.18. The lowest BCUT2D eigenvalue weighted by Gasteiger charge is -2.44. The molecule has 106 valence electrons. The first-order valence-electron chi connectivity index (χ1n) is 7.83. The lowest BCUT2D eigenvalue weighted by atomic mass is 9.99. The van der Waals surface area contributed by atoms with Crippen LogP contribution in [-0.4, -0.2) is 61.3 Å². The second-order valence-electron chi connectivity index (χ2n) is 6.11. The van der Waals surface area contributed by atoms with E-state index in [-0.39, 0.29) is 0 Å². The van der Waals surface area contributed by atoms with Crippen LogP contribution in [0.5, 0.6) is 0 Å². The van der Waals surface area contributed by atoms with Crippen LogP contribution in [-0.2, 0) is 4.74 Å². The molecule has 0 saturated carbocycles. The molecule has 2 heterocycles. The Labute approximate surface area is 112 Å². The van der Waals surface area contributed by atoms with Gasteiger partial charge in [-0.1, -0.05) is 6.42 Å². The highest BCUT2D eigenvalue weighted by Crippen LogP contribution is 2.21. The van der Waals surface area contributed by atoms with Gasteiger partial charge in [0, 0.05) is 32.3 Å². The van der Waals surface area contributed by atoms with E-state index in [9.17, 15) is 0 Å². The number of hydrogen-bond acceptors (Lipinski definition) is 3. The maximum absolute atomic E-state index is 5.59. The van der Waals surface area contributed by atoms with Crippen molar-refractivity contribution in [1.29, 1.82) is 0 Å². The normalized spacial score (nSPS) is 26.5. The molecule has 0 aliphatic carbocycles. The van der Waals surface area contributed by atoms with Gasteiger partial charge in [0.05, 0.1) is 6.10 Å². The van der Waals surface area contributed by atoms with Crippen LogP contribution in [0.3, 0.4) is 0 Å². The van der Waals surface area contributed by atoms with E-state index in [0.29, 0.717) is 6.10 Å². The number of nitrogens with zero attached hydrogens (tertiary/aromatic N) is 2. The molecule has 1 unspecified atom stereocenters. The van der Waals surface area contributed by atoms with Gasteiger partial charge in [0.1, 0.15) is 0 Å². The van der Waals surface area contributed by atoms with Crippen molar-refractivity contribution in [2.24, 2.45) is 0 Å². The Hall–Kier alpha value is -0.120. The zero-order valence-electron chi connectivity index (χ0n) is 12.2. The van der Waals surface area contributed by atoms with Crippen molar-refractivity contribution < 1.29 is 4.74 Å². The van der Waals surface area contributed by atoms with E-state index in [1.165, 1.54) is 64.8 Å². The highest BCUT2D eigenvalue weighted by molar-refractivity contribution is 4.84. The lowest BCUT2D eigenvalue weighted by molar-refractivity contribution is 0.0439. The van der Waals surface area contributed by atoms with Gasteiger partial charge in [0.2, 0.25) is 0 Å². The SMILES string of the molecule is CC(C)OCCCCN1CCN2CCCCC2C1. The third-order valence-electron chi connectivity index (χ3n) is 4.24. The zero-order valence-corrected chi connectivity index (χ0v) is 12.2. The summed E-state index contributed by atoms with van der Waals surface area (Å²) < 4.78 is 5.59. The summed E-state index contributed by atoms with van der Waals surface area (Å²) in [6, 6.07) is 0.861. The van der Waals surface area contributed by atoms with Crippen LogP contribution >= 0.6 is 0 Å².